The van der Waals surface area contributed by atoms with Crippen LogP contribution in [-0.4, -0.2) is 32.4 Å². The molecular formula is C14H20O6. The largest absolute Gasteiger partial charge is 0.508 e. The number of hydrogen-bond donors (Lipinski definition) is 4. The van der Waals surface area contributed by atoms with Gasteiger partial charge in [0.2, 0.25) is 0 Å². The van der Waals surface area contributed by atoms with E-state index < -0.39 is 11.9 Å². The van der Waals surface area contributed by atoms with Crippen molar-refractivity contribution in [3.8, 4) is 11.5 Å². The minimum atomic E-state index is -0.819. The van der Waals surface area contributed by atoms with Crippen LogP contribution in [0.2, 0.25) is 0 Å². The Morgan fingerprint density at radius 1 is 0.900 bits per heavy atom. The highest BCUT2D eigenvalue weighted by Crippen LogP contribution is 2.23. The summed E-state index contributed by atoms with van der Waals surface area (Å²) in [7, 11) is 0. The van der Waals surface area contributed by atoms with Crippen molar-refractivity contribution in [2.75, 3.05) is 0 Å². The number of carboxylic acids is 2. The molecule has 0 spiro atoms. The Morgan fingerprint density at radius 3 is 1.60 bits per heavy atom. The molecule has 0 bridgehead atoms. The van der Waals surface area contributed by atoms with Crippen molar-refractivity contribution in [1.29, 1.82) is 0 Å². The molecule has 0 radical (unpaired) electrons. The predicted molar refractivity (Wildman–Crippen MR) is 72.9 cm³/mol. The van der Waals surface area contributed by atoms with Gasteiger partial charge in [-0.25, -0.2) is 0 Å². The SMILES string of the molecule is Cc1c(O)cccc1O.O=C(O)CCCCCC(=O)O. The molecule has 112 valence electrons. The molecule has 20 heavy (non-hydrogen) atoms. The van der Waals surface area contributed by atoms with Gasteiger partial charge < -0.3 is 20.4 Å². The number of aliphatic carboxylic acids is 2. The van der Waals surface area contributed by atoms with Crippen LogP contribution in [0.15, 0.2) is 18.2 Å². The van der Waals surface area contributed by atoms with Gasteiger partial charge in [0, 0.05) is 18.4 Å². The molecule has 6 heteroatoms. The van der Waals surface area contributed by atoms with Crippen molar-refractivity contribution in [2.45, 2.75) is 39.0 Å². The summed E-state index contributed by atoms with van der Waals surface area (Å²) in [5.74, 6) is -1.37. The second-order valence-corrected chi connectivity index (χ2v) is 4.27. The van der Waals surface area contributed by atoms with Crippen molar-refractivity contribution >= 4 is 11.9 Å². The number of hydrogen-bond acceptors (Lipinski definition) is 4. The Hall–Kier alpha value is -2.24. The third-order valence-corrected chi connectivity index (χ3v) is 2.56. The van der Waals surface area contributed by atoms with E-state index in [1.165, 1.54) is 12.1 Å². The second kappa shape index (κ2) is 9.66. The Labute approximate surface area is 117 Å². The highest BCUT2D eigenvalue weighted by Gasteiger charge is 1.99. The first kappa shape index (κ1) is 17.8. The number of aromatic hydroxyl groups is 2. The molecule has 0 amide bonds. The molecule has 0 atom stereocenters. The Bertz CT molecular complexity index is 405. The monoisotopic (exact) mass is 284 g/mol. The van der Waals surface area contributed by atoms with E-state index in [9.17, 15) is 9.59 Å². The average molecular weight is 284 g/mol. The van der Waals surface area contributed by atoms with E-state index in [-0.39, 0.29) is 24.3 Å². The van der Waals surface area contributed by atoms with Crippen LogP contribution in [0.4, 0.5) is 0 Å². The van der Waals surface area contributed by atoms with Crippen LogP contribution in [0.25, 0.3) is 0 Å². The summed E-state index contributed by atoms with van der Waals surface area (Å²) in [6.45, 7) is 1.66. The zero-order valence-corrected chi connectivity index (χ0v) is 11.4. The Morgan fingerprint density at radius 2 is 1.30 bits per heavy atom. The van der Waals surface area contributed by atoms with E-state index in [4.69, 9.17) is 20.4 Å². The average Bonchev–Trinajstić information content (AvgIpc) is 2.35. The predicted octanol–water partition coefficient (Wildman–Crippen LogP) is 2.51. The summed E-state index contributed by atoms with van der Waals surface area (Å²) < 4.78 is 0. The summed E-state index contributed by atoms with van der Waals surface area (Å²) in [5.41, 5.74) is 0.525. The molecule has 1 aromatic rings. The minimum absolute atomic E-state index is 0.134. The first-order valence-corrected chi connectivity index (χ1v) is 6.25. The Kier molecular flexibility index (Phi) is 8.58. The maximum atomic E-state index is 9.98. The number of carboxylic acid groups (broad SMARTS) is 2. The van der Waals surface area contributed by atoms with Gasteiger partial charge >= 0.3 is 11.9 Å². The zero-order valence-electron chi connectivity index (χ0n) is 11.4. The molecule has 1 aromatic carbocycles. The summed E-state index contributed by atoms with van der Waals surface area (Å²) in [6.07, 6.45) is 2.10. The molecule has 1 rings (SSSR count). The van der Waals surface area contributed by atoms with Crippen molar-refractivity contribution < 1.29 is 30.0 Å². The highest BCUT2D eigenvalue weighted by molar-refractivity contribution is 5.67. The normalized spacial score (nSPS) is 9.45. The van der Waals surface area contributed by atoms with Crippen LogP contribution < -0.4 is 0 Å². The van der Waals surface area contributed by atoms with Crippen LogP contribution >= 0.6 is 0 Å². The van der Waals surface area contributed by atoms with Crippen LogP contribution in [0.5, 0.6) is 11.5 Å². The lowest BCUT2D eigenvalue weighted by atomic mass is 10.1. The van der Waals surface area contributed by atoms with Gasteiger partial charge in [0.05, 0.1) is 0 Å². The van der Waals surface area contributed by atoms with E-state index in [0.29, 0.717) is 24.8 Å². The molecule has 0 unspecified atom stereocenters. The van der Waals surface area contributed by atoms with Gasteiger partial charge in [-0.15, -0.1) is 0 Å². The first-order chi connectivity index (χ1) is 9.34. The molecule has 0 aliphatic heterocycles. The number of benzene rings is 1. The first-order valence-electron chi connectivity index (χ1n) is 6.25. The van der Waals surface area contributed by atoms with Gasteiger partial charge in [0.1, 0.15) is 11.5 Å². The zero-order chi connectivity index (χ0) is 15.5. The van der Waals surface area contributed by atoms with E-state index >= 15 is 0 Å². The fraction of sp³-hybridized carbons (Fsp3) is 0.429. The van der Waals surface area contributed by atoms with Crippen molar-refractivity contribution in [2.24, 2.45) is 0 Å². The summed E-state index contributed by atoms with van der Waals surface area (Å²) in [6, 6.07) is 4.67. The topological polar surface area (TPSA) is 115 Å². The van der Waals surface area contributed by atoms with E-state index in [2.05, 4.69) is 0 Å². The number of phenolic OH excluding ortho intramolecular Hbond substituents is 2. The lowest BCUT2D eigenvalue weighted by Crippen LogP contribution is -1.96. The fourth-order valence-electron chi connectivity index (χ4n) is 1.34. The van der Waals surface area contributed by atoms with Gasteiger partial charge in [-0.3, -0.25) is 9.59 Å². The summed E-state index contributed by atoms with van der Waals surface area (Å²) in [4.78, 5) is 20.0. The third-order valence-electron chi connectivity index (χ3n) is 2.56. The molecule has 0 fully saturated rings. The van der Waals surface area contributed by atoms with Crippen molar-refractivity contribution in [3.63, 3.8) is 0 Å². The molecule has 0 aromatic heterocycles. The van der Waals surface area contributed by atoms with Gasteiger partial charge in [0.25, 0.3) is 0 Å². The lowest BCUT2D eigenvalue weighted by molar-refractivity contribution is -0.137. The van der Waals surface area contributed by atoms with E-state index in [1.54, 1.807) is 13.0 Å². The van der Waals surface area contributed by atoms with E-state index in [1.807, 2.05) is 0 Å². The second-order valence-electron chi connectivity index (χ2n) is 4.27. The lowest BCUT2D eigenvalue weighted by Gasteiger charge is -1.98. The Balaban J connectivity index is 0.000000367. The van der Waals surface area contributed by atoms with Crippen molar-refractivity contribution in [3.05, 3.63) is 23.8 Å². The summed E-state index contributed by atoms with van der Waals surface area (Å²) in [5, 5.41) is 34.3. The molecule has 4 N–H and O–H groups in total. The standard InChI is InChI=1S/C7H12O4.C7H8O2/c8-6(9)4-2-1-3-5-7(10)11;1-5-6(8)3-2-4-7(5)9/h1-5H2,(H,8,9)(H,10,11);2-4,8-9H,1H3. The maximum Gasteiger partial charge on any atom is 0.303 e. The van der Waals surface area contributed by atoms with E-state index in [0.717, 1.165) is 0 Å². The van der Waals surface area contributed by atoms with Gasteiger partial charge in [0.15, 0.2) is 0 Å². The van der Waals surface area contributed by atoms with Crippen LogP contribution in [-0.2, 0) is 9.59 Å². The van der Waals surface area contributed by atoms with Crippen LogP contribution in [0.3, 0.4) is 0 Å². The smallest absolute Gasteiger partial charge is 0.303 e. The van der Waals surface area contributed by atoms with Gasteiger partial charge in [-0.05, 0) is 31.9 Å². The molecule has 0 saturated heterocycles. The minimum Gasteiger partial charge on any atom is -0.508 e. The quantitative estimate of drug-likeness (QED) is 0.597. The fourth-order valence-corrected chi connectivity index (χ4v) is 1.34. The summed E-state index contributed by atoms with van der Waals surface area (Å²) >= 11 is 0. The molecule has 0 saturated carbocycles. The number of unbranched alkanes of at least 4 members (excludes halogenated alkanes) is 2. The van der Waals surface area contributed by atoms with Crippen molar-refractivity contribution in [1.82, 2.24) is 0 Å². The molecule has 0 aliphatic carbocycles. The highest BCUT2D eigenvalue weighted by atomic mass is 16.4. The molecule has 0 aliphatic rings. The van der Waals surface area contributed by atoms with Crippen LogP contribution in [0, 0.1) is 6.92 Å². The molecule has 0 heterocycles. The number of carbonyl (C=O) groups is 2. The third kappa shape index (κ3) is 8.79. The van der Waals surface area contributed by atoms with Crippen LogP contribution in [0.1, 0.15) is 37.7 Å². The number of phenols is 2. The van der Waals surface area contributed by atoms with Gasteiger partial charge in [-0.1, -0.05) is 12.5 Å². The van der Waals surface area contributed by atoms with Gasteiger partial charge in [-0.2, -0.15) is 0 Å². The maximum absolute atomic E-state index is 9.98. The molecule has 6 nitrogen and oxygen atoms in total. The number of rotatable bonds is 6. The molecular weight excluding hydrogens is 264 g/mol.